The van der Waals surface area contributed by atoms with Gasteiger partial charge in [-0.3, -0.25) is 14.3 Å². The molecule has 3 rings (SSSR count). The lowest BCUT2D eigenvalue weighted by Gasteiger charge is -2.31. The van der Waals surface area contributed by atoms with Crippen LogP contribution in [0.2, 0.25) is 0 Å². The number of rotatable bonds is 6. The molecule has 0 aliphatic carbocycles. The lowest BCUT2D eigenvalue weighted by atomic mass is 9.90. The molecule has 132 valence electrons. The van der Waals surface area contributed by atoms with E-state index in [1.165, 1.54) is 5.56 Å². The number of piperidine rings is 1. The van der Waals surface area contributed by atoms with Gasteiger partial charge in [0.1, 0.15) is 11.5 Å². The summed E-state index contributed by atoms with van der Waals surface area (Å²) in [5.74, 6) is 0.155. The van der Waals surface area contributed by atoms with Crippen molar-refractivity contribution in [2.24, 2.45) is 5.92 Å². The van der Waals surface area contributed by atoms with E-state index in [-0.39, 0.29) is 17.6 Å². The molecule has 2 heterocycles. The molecule has 1 atom stereocenters. The standard InChI is InChI=1S/C20H25N3O2/c1-2-23-14-12-18(21-23)20(25)22-13-6-9-17(15-22)19(24)11-10-16-7-4-3-5-8-16/h3-5,7-8,12,14,17H,2,6,9-11,13,15H2,1H3/t17-/m0/s1. The van der Waals surface area contributed by atoms with Crippen molar-refractivity contribution in [3.05, 3.63) is 53.9 Å². The maximum absolute atomic E-state index is 12.6. The Balaban J connectivity index is 1.56. The molecule has 1 aromatic heterocycles. The van der Waals surface area contributed by atoms with E-state index in [0.717, 1.165) is 25.8 Å². The van der Waals surface area contributed by atoms with Crippen molar-refractivity contribution < 1.29 is 9.59 Å². The fraction of sp³-hybridized carbons (Fsp3) is 0.450. The number of carbonyl (C=O) groups is 2. The second kappa shape index (κ2) is 8.10. The van der Waals surface area contributed by atoms with E-state index in [0.29, 0.717) is 25.2 Å². The zero-order valence-electron chi connectivity index (χ0n) is 14.7. The fourth-order valence-electron chi connectivity index (χ4n) is 3.35. The van der Waals surface area contributed by atoms with E-state index >= 15 is 0 Å². The first kappa shape index (κ1) is 17.4. The minimum Gasteiger partial charge on any atom is -0.337 e. The molecule has 5 heteroatoms. The lowest BCUT2D eigenvalue weighted by Crippen LogP contribution is -2.42. The number of hydrogen-bond donors (Lipinski definition) is 0. The molecule has 1 aliphatic heterocycles. The summed E-state index contributed by atoms with van der Waals surface area (Å²) in [6.07, 6.45) is 4.88. The highest BCUT2D eigenvalue weighted by Gasteiger charge is 2.29. The highest BCUT2D eigenvalue weighted by Crippen LogP contribution is 2.21. The van der Waals surface area contributed by atoms with Gasteiger partial charge in [0.15, 0.2) is 0 Å². The van der Waals surface area contributed by atoms with Crippen molar-refractivity contribution in [3.8, 4) is 0 Å². The van der Waals surface area contributed by atoms with Gasteiger partial charge in [0, 0.05) is 38.2 Å². The minimum absolute atomic E-state index is 0.0466. The third-order valence-corrected chi connectivity index (χ3v) is 4.85. The Bertz CT molecular complexity index is 724. The van der Waals surface area contributed by atoms with Crippen LogP contribution in [0.1, 0.15) is 42.2 Å². The highest BCUT2D eigenvalue weighted by atomic mass is 16.2. The average Bonchev–Trinajstić information content (AvgIpc) is 3.15. The molecule has 0 radical (unpaired) electrons. The van der Waals surface area contributed by atoms with Crippen molar-refractivity contribution in [1.29, 1.82) is 0 Å². The molecule has 1 aromatic carbocycles. The van der Waals surface area contributed by atoms with Gasteiger partial charge in [-0.1, -0.05) is 30.3 Å². The summed E-state index contributed by atoms with van der Waals surface area (Å²) in [7, 11) is 0. The molecule has 0 saturated carbocycles. The van der Waals surface area contributed by atoms with Gasteiger partial charge in [-0.05, 0) is 37.8 Å². The van der Waals surface area contributed by atoms with E-state index in [4.69, 9.17) is 0 Å². The van der Waals surface area contributed by atoms with Gasteiger partial charge >= 0.3 is 0 Å². The molecule has 0 spiro atoms. The van der Waals surface area contributed by atoms with Gasteiger partial charge in [0.25, 0.3) is 5.91 Å². The van der Waals surface area contributed by atoms with E-state index in [2.05, 4.69) is 5.10 Å². The third-order valence-electron chi connectivity index (χ3n) is 4.85. The zero-order chi connectivity index (χ0) is 17.6. The SMILES string of the molecule is CCn1ccc(C(=O)N2CCC[C@H](C(=O)CCc3ccccc3)C2)n1. The van der Waals surface area contributed by atoms with Crippen molar-refractivity contribution >= 4 is 11.7 Å². The molecular formula is C20H25N3O2. The predicted molar refractivity (Wildman–Crippen MR) is 96.3 cm³/mol. The summed E-state index contributed by atoms with van der Waals surface area (Å²) >= 11 is 0. The van der Waals surface area contributed by atoms with Gasteiger partial charge in [0.2, 0.25) is 0 Å². The van der Waals surface area contributed by atoms with Crippen LogP contribution >= 0.6 is 0 Å². The number of ketones is 1. The normalized spacial score (nSPS) is 17.5. The topological polar surface area (TPSA) is 55.2 Å². The molecule has 0 N–H and O–H groups in total. The van der Waals surface area contributed by atoms with Crippen LogP contribution in [-0.4, -0.2) is 39.5 Å². The number of benzene rings is 1. The fourth-order valence-corrected chi connectivity index (χ4v) is 3.35. The van der Waals surface area contributed by atoms with Gasteiger partial charge in [0.05, 0.1) is 0 Å². The number of aromatic nitrogens is 2. The summed E-state index contributed by atoms with van der Waals surface area (Å²) in [4.78, 5) is 27.0. The maximum atomic E-state index is 12.6. The Hall–Kier alpha value is -2.43. The molecule has 0 bridgehead atoms. The summed E-state index contributed by atoms with van der Waals surface area (Å²) in [6.45, 7) is 3.96. The summed E-state index contributed by atoms with van der Waals surface area (Å²) in [5.41, 5.74) is 1.66. The van der Waals surface area contributed by atoms with Crippen molar-refractivity contribution in [1.82, 2.24) is 14.7 Å². The van der Waals surface area contributed by atoms with Crippen LogP contribution in [0.25, 0.3) is 0 Å². The van der Waals surface area contributed by atoms with Gasteiger partial charge < -0.3 is 4.90 Å². The largest absolute Gasteiger partial charge is 0.337 e. The van der Waals surface area contributed by atoms with Crippen molar-refractivity contribution in [3.63, 3.8) is 0 Å². The van der Waals surface area contributed by atoms with E-state index in [1.807, 2.05) is 43.5 Å². The second-order valence-corrected chi connectivity index (χ2v) is 6.60. The maximum Gasteiger partial charge on any atom is 0.274 e. The monoisotopic (exact) mass is 339 g/mol. The van der Waals surface area contributed by atoms with E-state index in [9.17, 15) is 9.59 Å². The summed E-state index contributed by atoms with van der Waals surface area (Å²) in [5, 5.41) is 4.29. The third kappa shape index (κ3) is 4.35. The number of nitrogens with zero attached hydrogens (tertiary/aromatic N) is 3. The quantitative estimate of drug-likeness (QED) is 0.813. The van der Waals surface area contributed by atoms with Crippen LogP contribution in [-0.2, 0) is 17.8 Å². The lowest BCUT2D eigenvalue weighted by molar-refractivity contribution is -0.124. The first-order chi connectivity index (χ1) is 12.2. The Morgan fingerprint density at radius 2 is 2.00 bits per heavy atom. The summed E-state index contributed by atoms with van der Waals surface area (Å²) in [6, 6.07) is 11.8. The number of hydrogen-bond acceptors (Lipinski definition) is 3. The summed E-state index contributed by atoms with van der Waals surface area (Å²) < 4.78 is 1.75. The van der Waals surface area contributed by atoms with Crippen LogP contribution in [0.4, 0.5) is 0 Å². The molecule has 25 heavy (non-hydrogen) atoms. The van der Waals surface area contributed by atoms with Crippen molar-refractivity contribution in [2.45, 2.75) is 39.2 Å². The van der Waals surface area contributed by atoms with E-state index in [1.54, 1.807) is 15.6 Å². The second-order valence-electron chi connectivity index (χ2n) is 6.60. The van der Waals surface area contributed by atoms with Crippen molar-refractivity contribution in [2.75, 3.05) is 13.1 Å². The molecule has 1 saturated heterocycles. The highest BCUT2D eigenvalue weighted by molar-refractivity contribution is 5.93. The van der Waals surface area contributed by atoms with Gasteiger partial charge in [-0.25, -0.2) is 0 Å². The Morgan fingerprint density at radius 1 is 1.20 bits per heavy atom. The number of Topliss-reactive ketones (excluding diaryl/α,β-unsaturated/α-hetero) is 1. The van der Waals surface area contributed by atoms with Crippen LogP contribution in [0.5, 0.6) is 0 Å². The number of amides is 1. The van der Waals surface area contributed by atoms with Crippen LogP contribution in [0.15, 0.2) is 42.6 Å². The molecule has 2 aromatic rings. The Morgan fingerprint density at radius 3 is 2.72 bits per heavy atom. The average molecular weight is 339 g/mol. The molecule has 1 aliphatic rings. The predicted octanol–water partition coefficient (Wildman–Crippen LogP) is 2.96. The molecular weight excluding hydrogens is 314 g/mol. The van der Waals surface area contributed by atoms with Crippen LogP contribution in [0, 0.1) is 5.92 Å². The Labute approximate surface area is 148 Å². The zero-order valence-corrected chi connectivity index (χ0v) is 14.7. The minimum atomic E-state index is -0.0623. The number of likely N-dealkylation sites (tertiary alicyclic amines) is 1. The van der Waals surface area contributed by atoms with Crippen LogP contribution in [0.3, 0.4) is 0 Å². The molecule has 1 fully saturated rings. The molecule has 5 nitrogen and oxygen atoms in total. The van der Waals surface area contributed by atoms with Crippen LogP contribution < -0.4 is 0 Å². The number of aryl methyl sites for hydroxylation is 2. The smallest absolute Gasteiger partial charge is 0.274 e. The Kier molecular flexibility index (Phi) is 5.64. The molecule has 1 amide bonds. The molecule has 0 unspecified atom stereocenters. The van der Waals surface area contributed by atoms with Gasteiger partial charge in [-0.15, -0.1) is 0 Å². The van der Waals surface area contributed by atoms with Gasteiger partial charge in [-0.2, -0.15) is 5.10 Å². The first-order valence-electron chi connectivity index (χ1n) is 9.06. The first-order valence-corrected chi connectivity index (χ1v) is 9.06. The number of carbonyl (C=O) groups excluding carboxylic acids is 2. The van der Waals surface area contributed by atoms with E-state index < -0.39 is 0 Å².